The van der Waals surface area contributed by atoms with Crippen LogP contribution >= 0.6 is 0 Å². The second-order valence-electron chi connectivity index (χ2n) is 7.72. The molecule has 11 heteroatoms. The largest absolute Gasteiger partial charge is 0.490 e. The Morgan fingerprint density at radius 3 is 2.41 bits per heavy atom. The lowest BCUT2D eigenvalue weighted by molar-refractivity contribution is -0.118. The molecule has 2 aliphatic rings. The van der Waals surface area contributed by atoms with Crippen molar-refractivity contribution >= 4 is 27.5 Å². The summed E-state index contributed by atoms with van der Waals surface area (Å²) < 4.78 is 44.1. The summed E-state index contributed by atoms with van der Waals surface area (Å²) in [6, 6.07) is 9.43. The number of nitrogens with zero attached hydrogens (tertiary/aromatic N) is 2. The molecule has 0 aliphatic carbocycles. The SMILES string of the molecule is CCOc1ccc(C(=O)N2CCN(S(=O)(=O)c3ccc4c(c3)NC(=O)CO4)CC2)cc1OCC. The highest BCUT2D eigenvalue weighted by molar-refractivity contribution is 7.89. The van der Waals surface area contributed by atoms with Crippen LogP contribution in [0.2, 0.25) is 0 Å². The van der Waals surface area contributed by atoms with E-state index in [1.54, 1.807) is 23.1 Å². The van der Waals surface area contributed by atoms with Gasteiger partial charge in [-0.15, -0.1) is 0 Å². The van der Waals surface area contributed by atoms with Crippen LogP contribution in [0.15, 0.2) is 41.3 Å². The Balaban J connectivity index is 1.45. The molecule has 2 aromatic carbocycles. The zero-order valence-electron chi connectivity index (χ0n) is 19.1. The third kappa shape index (κ3) is 4.80. The molecule has 2 aromatic rings. The van der Waals surface area contributed by atoms with E-state index in [0.29, 0.717) is 41.7 Å². The number of carbonyl (C=O) groups is 2. The van der Waals surface area contributed by atoms with Crippen LogP contribution < -0.4 is 19.5 Å². The summed E-state index contributed by atoms with van der Waals surface area (Å²) in [6.07, 6.45) is 0. The monoisotopic (exact) mass is 489 g/mol. The molecule has 182 valence electrons. The molecule has 1 N–H and O–H groups in total. The fourth-order valence-electron chi connectivity index (χ4n) is 3.87. The van der Waals surface area contributed by atoms with Gasteiger partial charge in [0.05, 0.1) is 23.8 Å². The molecule has 2 heterocycles. The molecule has 34 heavy (non-hydrogen) atoms. The van der Waals surface area contributed by atoms with Gasteiger partial charge in [-0.3, -0.25) is 9.59 Å². The predicted octanol–water partition coefficient (Wildman–Crippen LogP) is 1.96. The van der Waals surface area contributed by atoms with Gasteiger partial charge in [-0.25, -0.2) is 8.42 Å². The minimum atomic E-state index is -3.80. The van der Waals surface area contributed by atoms with Crippen LogP contribution in [-0.2, 0) is 14.8 Å². The van der Waals surface area contributed by atoms with Gasteiger partial charge < -0.3 is 24.4 Å². The van der Waals surface area contributed by atoms with Gasteiger partial charge in [-0.1, -0.05) is 0 Å². The number of piperazine rings is 1. The van der Waals surface area contributed by atoms with Crippen LogP contribution in [0, 0.1) is 0 Å². The van der Waals surface area contributed by atoms with E-state index in [0.717, 1.165) is 0 Å². The molecule has 0 spiro atoms. The number of nitrogens with one attached hydrogen (secondary N) is 1. The van der Waals surface area contributed by atoms with E-state index >= 15 is 0 Å². The molecule has 10 nitrogen and oxygen atoms in total. The van der Waals surface area contributed by atoms with E-state index < -0.39 is 10.0 Å². The average Bonchev–Trinajstić information content (AvgIpc) is 2.84. The van der Waals surface area contributed by atoms with Crippen LogP contribution in [0.4, 0.5) is 5.69 Å². The van der Waals surface area contributed by atoms with E-state index in [9.17, 15) is 18.0 Å². The Kier molecular flexibility index (Phi) is 6.94. The van der Waals surface area contributed by atoms with Crippen molar-refractivity contribution in [3.05, 3.63) is 42.0 Å². The van der Waals surface area contributed by atoms with Crippen molar-refractivity contribution in [1.82, 2.24) is 9.21 Å². The van der Waals surface area contributed by atoms with Crippen LogP contribution in [0.1, 0.15) is 24.2 Å². The number of sulfonamides is 1. The zero-order valence-corrected chi connectivity index (χ0v) is 19.9. The van der Waals surface area contributed by atoms with Crippen molar-refractivity contribution < 1.29 is 32.2 Å². The highest BCUT2D eigenvalue weighted by Gasteiger charge is 2.31. The van der Waals surface area contributed by atoms with Crippen molar-refractivity contribution in [2.45, 2.75) is 18.7 Å². The fourth-order valence-corrected chi connectivity index (χ4v) is 5.32. The summed E-state index contributed by atoms with van der Waals surface area (Å²) in [5, 5.41) is 2.62. The molecule has 1 fully saturated rings. The summed E-state index contributed by atoms with van der Waals surface area (Å²) in [7, 11) is -3.80. The summed E-state index contributed by atoms with van der Waals surface area (Å²) >= 11 is 0. The van der Waals surface area contributed by atoms with E-state index in [-0.39, 0.29) is 49.5 Å². The van der Waals surface area contributed by atoms with Crippen molar-refractivity contribution in [2.24, 2.45) is 0 Å². The summed E-state index contributed by atoms with van der Waals surface area (Å²) in [5.74, 6) is 0.963. The molecule has 2 amide bonds. The number of amides is 2. The van der Waals surface area contributed by atoms with Crippen molar-refractivity contribution in [2.75, 3.05) is 51.3 Å². The highest BCUT2D eigenvalue weighted by atomic mass is 32.2. The first-order valence-corrected chi connectivity index (χ1v) is 12.5. The standard InChI is InChI=1S/C23H27N3O7S/c1-3-31-20-7-5-16(13-21(20)32-4-2)23(28)25-9-11-26(12-10-25)34(29,30)17-6-8-19-18(14-17)24-22(27)15-33-19/h5-8,13-14H,3-4,9-12,15H2,1-2H3,(H,24,27). The maximum Gasteiger partial charge on any atom is 0.262 e. The summed E-state index contributed by atoms with van der Waals surface area (Å²) in [5.41, 5.74) is 0.778. The Morgan fingerprint density at radius 2 is 1.71 bits per heavy atom. The lowest BCUT2D eigenvalue weighted by Crippen LogP contribution is -2.50. The molecule has 1 saturated heterocycles. The molecule has 0 aromatic heterocycles. The molecule has 0 unspecified atom stereocenters. The number of carbonyl (C=O) groups excluding carboxylic acids is 2. The number of anilines is 1. The van der Waals surface area contributed by atoms with Gasteiger partial charge in [-0.2, -0.15) is 4.31 Å². The fraction of sp³-hybridized carbons (Fsp3) is 0.391. The lowest BCUT2D eigenvalue weighted by atomic mass is 10.1. The molecular weight excluding hydrogens is 462 g/mol. The molecule has 4 rings (SSSR count). The molecule has 0 saturated carbocycles. The second kappa shape index (κ2) is 9.90. The second-order valence-corrected chi connectivity index (χ2v) is 9.66. The van der Waals surface area contributed by atoms with Gasteiger partial charge in [0.1, 0.15) is 5.75 Å². The summed E-state index contributed by atoms with van der Waals surface area (Å²) in [6.45, 7) is 5.35. The third-order valence-corrected chi connectivity index (χ3v) is 7.43. The first-order chi connectivity index (χ1) is 16.3. The Morgan fingerprint density at radius 1 is 1.00 bits per heavy atom. The van der Waals surface area contributed by atoms with E-state index in [4.69, 9.17) is 14.2 Å². The quantitative estimate of drug-likeness (QED) is 0.632. The predicted molar refractivity (Wildman–Crippen MR) is 124 cm³/mol. The normalized spacial score (nSPS) is 16.3. The number of rotatable bonds is 7. The number of hydrogen-bond acceptors (Lipinski definition) is 7. The average molecular weight is 490 g/mol. The third-order valence-electron chi connectivity index (χ3n) is 5.54. The van der Waals surface area contributed by atoms with Gasteiger partial charge in [0.15, 0.2) is 18.1 Å². The van der Waals surface area contributed by atoms with Crippen LogP contribution in [0.5, 0.6) is 17.2 Å². The topological polar surface area (TPSA) is 114 Å². The van der Waals surface area contributed by atoms with Gasteiger partial charge >= 0.3 is 0 Å². The van der Waals surface area contributed by atoms with Crippen LogP contribution in [0.3, 0.4) is 0 Å². The number of hydrogen-bond donors (Lipinski definition) is 1. The number of benzene rings is 2. The zero-order chi connectivity index (χ0) is 24.3. The van der Waals surface area contributed by atoms with E-state index in [1.165, 1.54) is 22.5 Å². The van der Waals surface area contributed by atoms with Gasteiger partial charge in [-0.05, 0) is 50.2 Å². The van der Waals surface area contributed by atoms with Crippen molar-refractivity contribution in [3.63, 3.8) is 0 Å². The van der Waals surface area contributed by atoms with Gasteiger partial charge in [0, 0.05) is 31.7 Å². The maximum atomic E-state index is 13.2. The molecular formula is C23H27N3O7S. The minimum Gasteiger partial charge on any atom is -0.490 e. The molecule has 2 aliphatic heterocycles. The first-order valence-electron chi connectivity index (χ1n) is 11.1. The van der Waals surface area contributed by atoms with Gasteiger partial charge in [0.25, 0.3) is 11.8 Å². The first kappa shape index (κ1) is 23.8. The Bertz CT molecular complexity index is 1190. The van der Waals surface area contributed by atoms with Crippen molar-refractivity contribution in [1.29, 1.82) is 0 Å². The lowest BCUT2D eigenvalue weighted by Gasteiger charge is -2.34. The van der Waals surface area contributed by atoms with Crippen LogP contribution in [0.25, 0.3) is 0 Å². The smallest absolute Gasteiger partial charge is 0.262 e. The Hall–Kier alpha value is -3.31. The number of fused-ring (bicyclic) bond motifs is 1. The number of ether oxygens (including phenoxy) is 3. The van der Waals surface area contributed by atoms with Crippen LogP contribution in [-0.4, -0.2) is 75.4 Å². The molecule has 0 radical (unpaired) electrons. The van der Waals surface area contributed by atoms with E-state index in [2.05, 4.69) is 5.32 Å². The highest BCUT2D eigenvalue weighted by Crippen LogP contribution is 2.32. The Labute approximate surface area is 198 Å². The van der Waals surface area contributed by atoms with Crippen molar-refractivity contribution in [3.8, 4) is 17.2 Å². The molecule has 0 atom stereocenters. The van der Waals surface area contributed by atoms with Gasteiger partial charge in [0.2, 0.25) is 10.0 Å². The minimum absolute atomic E-state index is 0.0599. The summed E-state index contributed by atoms with van der Waals surface area (Å²) in [4.78, 5) is 26.3. The maximum absolute atomic E-state index is 13.2. The molecule has 0 bridgehead atoms. The van der Waals surface area contributed by atoms with E-state index in [1.807, 2.05) is 13.8 Å².